The molecule has 1 saturated heterocycles. The van der Waals surface area contributed by atoms with Crippen LogP contribution in [0, 0.1) is 11.7 Å². The summed E-state index contributed by atoms with van der Waals surface area (Å²) >= 11 is 12.7. The summed E-state index contributed by atoms with van der Waals surface area (Å²) in [6.45, 7) is 3.79. The highest BCUT2D eigenvalue weighted by Crippen LogP contribution is 2.41. The van der Waals surface area contributed by atoms with Gasteiger partial charge in [-0.05, 0) is 39.2 Å². The first-order valence-electron chi connectivity index (χ1n) is 10.8. The van der Waals surface area contributed by atoms with Crippen LogP contribution in [0.5, 0.6) is 0 Å². The van der Waals surface area contributed by atoms with Crippen LogP contribution in [0.3, 0.4) is 0 Å². The van der Waals surface area contributed by atoms with Crippen molar-refractivity contribution in [1.82, 2.24) is 5.32 Å². The molecule has 11 heteroatoms. The number of nitrogens with zero attached hydrogens (tertiary/aromatic N) is 1. The maximum absolute atomic E-state index is 15.2. The Labute approximate surface area is 201 Å². The van der Waals surface area contributed by atoms with Crippen LogP contribution in [0.25, 0.3) is 0 Å². The summed E-state index contributed by atoms with van der Waals surface area (Å²) in [5, 5.41) is 2.49. The molecular weight excluding hydrogens is 476 g/mol. The van der Waals surface area contributed by atoms with Gasteiger partial charge in [-0.1, -0.05) is 23.2 Å². The van der Waals surface area contributed by atoms with Crippen LogP contribution in [-0.2, 0) is 19.1 Å². The topological polar surface area (TPSA) is 111 Å². The van der Waals surface area contributed by atoms with Crippen molar-refractivity contribution < 1.29 is 28.2 Å². The fourth-order valence-corrected chi connectivity index (χ4v) is 4.15. The molecule has 3 rings (SSSR count). The number of esters is 2. The minimum atomic E-state index is -0.883. The third-order valence-corrected chi connectivity index (χ3v) is 6.35. The summed E-state index contributed by atoms with van der Waals surface area (Å²) in [5.74, 6) is -3.67. The van der Waals surface area contributed by atoms with Crippen molar-refractivity contribution in [2.45, 2.75) is 45.3 Å². The summed E-state index contributed by atoms with van der Waals surface area (Å²) < 4.78 is 25.2. The van der Waals surface area contributed by atoms with Gasteiger partial charge in [0.05, 0.1) is 41.0 Å². The van der Waals surface area contributed by atoms with Gasteiger partial charge in [0.15, 0.2) is 0 Å². The SMILES string of the molecule is CCOC(=O)C(=CNC1CC1)C(=O)c1cc(F)c(N2CCC(C(=O)OCC)C2N)c(Cl)c1Cl. The van der Waals surface area contributed by atoms with E-state index >= 15 is 4.39 Å². The molecule has 1 aromatic rings. The lowest BCUT2D eigenvalue weighted by Gasteiger charge is -2.27. The van der Waals surface area contributed by atoms with Gasteiger partial charge in [0.1, 0.15) is 11.4 Å². The van der Waals surface area contributed by atoms with Gasteiger partial charge in [0.25, 0.3) is 0 Å². The minimum absolute atomic E-state index is 0.0587. The second-order valence-corrected chi connectivity index (χ2v) is 8.52. The van der Waals surface area contributed by atoms with Crippen LogP contribution >= 0.6 is 23.2 Å². The minimum Gasteiger partial charge on any atom is -0.466 e. The van der Waals surface area contributed by atoms with Crippen molar-refractivity contribution in [3.8, 4) is 0 Å². The van der Waals surface area contributed by atoms with E-state index in [9.17, 15) is 14.4 Å². The number of nitrogens with two attached hydrogens (primary N) is 1. The zero-order valence-corrected chi connectivity index (χ0v) is 19.8. The number of ketones is 1. The average Bonchev–Trinajstić information content (AvgIpc) is 3.52. The molecule has 0 bridgehead atoms. The molecule has 3 N–H and O–H groups in total. The monoisotopic (exact) mass is 501 g/mol. The lowest BCUT2D eigenvalue weighted by molar-refractivity contribution is -0.148. The van der Waals surface area contributed by atoms with Gasteiger partial charge >= 0.3 is 11.9 Å². The molecule has 0 spiro atoms. The van der Waals surface area contributed by atoms with Gasteiger partial charge < -0.3 is 25.4 Å². The van der Waals surface area contributed by atoms with E-state index in [1.165, 1.54) is 11.1 Å². The predicted octanol–water partition coefficient (Wildman–Crippen LogP) is 3.19. The number of Topliss-reactive ketones (excluding diaryl/α,β-unsaturated/α-hetero) is 1. The lowest BCUT2D eigenvalue weighted by atomic mass is 10.0. The van der Waals surface area contributed by atoms with E-state index in [-0.39, 0.29) is 52.7 Å². The molecule has 180 valence electrons. The number of ether oxygens (including phenoxy) is 2. The number of hydrogen-bond acceptors (Lipinski definition) is 8. The van der Waals surface area contributed by atoms with E-state index in [0.29, 0.717) is 6.42 Å². The second-order valence-electron chi connectivity index (χ2n) is 7.76. The molecule has 2 atom stereocenters. The molecular formula is C22H26Cl2FN3O5. The number of hydrogen-bond donors (Lipinski definition) is 2. The molecule has 0 amide bonds. The lowest BCUT2D eigenvalue weighted by Crippen LogP contribution is -2.44. The van der Waals surface area contributed by atoms with E-state index in [1.807, 2.05) is 0 Å². The number of halogens is 3. The van der Waals surface area contributed by atoms with Gasteiger partial charge in [-0.3, -0.25) is 9.59 Å². The Morgan fingerprint density at radius 2 is 1.85 bits per heavy atom. The Morgan fingerprint density at radius 3 is 2.45 bits per heavy atom. The zero-order valence-electron chi connectivity index (χ0n) is 18.3. The third-order valence-electron chi connectivity index (χ3n) is 5.49. The Bertz CT molecular complexity index is 983. The summed E-state index contributed by atoms with van der Waals surface area (Å²) in [7, 11) is 0. The fraction of sp³-hybridized carbons (Fsp3) is 0.500. The van der Waals surface area contributed by atoms with Crippen LogP contribution in [-0.4, -0.2) is 49.7 Å². The highest BCUT2D eigenvalue weighted by Gasteiger charge is 2.40. The molecule has 33 heavy (non-hydrogen) atoms. The van der Waals surface area contributed by atoms with Crippen LogP contribution in [0.2, 0.25) is 10.0 Å². The number of benzene rings is 1. The molecule has 1 heterocycles. The fourth-order valence-electron chi connectivity index (χ4n) is 3.62. The number of carbonyl (C=O) groups excluding carboxylic acids is 3. The van der Waals surface area contributed by atoms with E-state index < -0.39 is 35.6 Å². The standard InChI is InChI=1S/C22H26Cl2FN3O5/c1-3-32-21(30)12-7-8-28(20(12)26)18-15(25)9-13(16(23)17(18)24)19(29)14(22(31)33-4-2)10-27-11-5-6-11/h9-12,20,27H,3-8,26H2,1-2H3. The molecule has 1 aliphatic heterocycles. The number of rotatable bonds is 9. The van der Waals surface area contributed by atoms with E-state index in [2.05, 4.69) is 5.32 Å². The van der Waals surface area contributed by atoms with Crippen molar-refractivity contribution in [3.63, 3.8) is 0 Å². The molecule has 8 nitrogen and oxygen atoms in total. The second kappa shape index (κ2) is 10.7. The molecule has 1 saturated carbocycles. The van der Waals surface area contributed by atoms with Crippen LogP contribution < -0.4 is 16.0 Å². The van der Waals surface area contributed by atoms with Crippen molar-refractivity contribution in [1.29, 1.82) is 0 Å². The molecule has 2 fully saturated rings. The molecule has 2 aliphatic rings. The van der Waals surface area contributed by atoms with Gasteiger partial charge in [0, 0.05) is 24.4 Å². The maximum Gasteiger partial charge on any atom is 0.343 e. The Morgan fingerprint density at radius 1 is 1.18 bits per heavy atom. The van der Waals surface area contributed by atoms with Crippen LogP contribution in [0.15, 0.2) is 17.8 Å². The summed E-state index contributed by atoms with van der Waals surface area (Å²) in [6, 6.07) is 1.09. The van der Waals surface area contributed by atoms with Gasteiger partial charge in [-0.25, -0.2) is 9.18 Å². The van der Waals surface area contributed by atoms with Crippen LogP contribution in [0.1, 0.15) is 43.5 Å². The Hall–Kier alpha value is -2.36. The van der Waals surface area contributed by atoms with Gasteiger partial charge in [-0.15, -0.1) is 0 Å². The highest BCUT2D eigenvalue weighted by atomic mass is 35.5. The first kappa shape index (κ1) is 25.3. The smallest absolute Gasteiger partial charge is 0.343 e. The third kappa shape index (κ3) is 5.42. The summed E-state index contributed by atoms with van der Waals surface area (Å²) in [5.41, 5.74) is 5.47. The Balaban J connectivity index is 1.93. The van der Waals surface area contributed by atoms with Crippen molar-refractivity contribution in [2.75, 3.05) is 24.7 Å². The number of nitrogens with one attached hydrogen (secondary N) is 1. The van der Waals surface area contributed by atoms with Crippen molar-refractivity contribution >= 4 is 46.6 Å². The van der Waals surface area contributed by atoms with Gasteiger partial charge in [0.2, 0.25) is 5.78 Å². The first-order valence-corrected chi connectivity index (χ1v) is 11.5. The van der Waals surface area contributed by atoms with E-state index in [1.54, 1.807) is 13.8 Å². The predicted molar refractivity (Wildman–Crippen MR) is 122 cm³/mol. The van der Waals surface area contributed by atoms with E-state index in [0.717, 1.165) is 18.9 Å². The quantitative estimate of drug-likeness (QED) is 0.132. The average molecular weight is 502 g/mol. The molecule has 1 aliphatic carbocycles. The van der Waals surface area contributed by atoms with E-state index in [4.69, 9.17) is 38.4 Å². The molecule has 2 unspecified atom stereocenters. The normalized spacial score (nSPS) is 20.5. The molecule has 0 aromatic heterocycles. The van der Waals surface area contributed by atoms with Crippen molar-refractivity contribution in [3.05, 3.63) is 39.3 Å². The largest absolute Gasteiger partial charge is 0.466 e. The highest BCUT2D eigenvalue weighted by molar-refractivity contribution is 6.46. The summed E-state index contributed by atoms with van der Waals surface area (Å²) in [4.78, 5) is 39.0. The number of anilines is 1. The maximum atomic E-state index is 15.2. The van der Waals surface area contributed by atoms with Crippen molar-refractivity contribution in [2.24, 2.45) is 11.7 Å². The number of carbonyl (C=O) groups is 3. The zero-order chi connectivity index (χ0) is 24.3. The summed E-state index contributed by atoms with van der Waals surface area (Å²) in [6.07, 6.45) is 2.57. The molecule has 1 aromatic carbocycles. The van der Waals surface area contributed by atoms with Gasteiger partial charge in [-0.2, -0.15) is 0 Å². The molecule has 0 radical (unpaired) electrons. The van der Waals surface area contributed by atoms with Crippen LogP contribution in [0.4, 0.5) is 10.1 Å². The first-order chi connectivity index (χ1) is 15.7. The Kier molecular flexibility index (Phi) is 8.20.